The van der Waals surface area contributed by atoms with Crippen molar-refractivity contribution in [2.45, 2.75) is 12.5 Å². The Morgan fingerprint density at radius 2 is 2.41 bits per heavy atom. The van der Waals surface area contributed by atoms with E-state index in [4.69, 9.17) is 9.47 Å². The van der Waals surface area contributed by atoms with Crippen LogP contribution in [0.2, 0.25) is 0 Å². The van der Waals surface area contributed by atoms with Gasteiger partial charge >= 0.3 is 0 Å². The molecule has 5 nitrogen and oxygen atoms in total. The molecule has 2 aromatic heterocycles. The van der Waals surface area contributed by atoms with Gasteiger partial charge in [0.2, 0.25) is 0 Å². The zero-order valence-corrected chi connectivity index (χ0v) is 10.5. The molecule has 0 radical (unpaired) electrons. The molecule has 0 bridgehead atoms. The quantitative estimate of drug-likeness (QED) is 0.750. The van der Waals surface area contributed by atoms with E-state index >= 15 is 0 Å². The Kier molecular flexibility index (Phi) is 4.49. The Balaban J connectivity index is 1.78. The van der Waals surface area contributed by atoms with Crippen LogP contribution in [0.25, 0.3) is 4.96 Å². The first-order valence-corrected chi connectivity index (χ1v) is 6.33. The van der Waals surface area contributed by atoms with E-state index in [1.54, 1.807) is 18.4 Å². The third-order valence-electron chi connectivity index (χ3n) is 2.33. The van der Waals surface area contributed by atoms with E-state index in [1.165, 1.54) is 0 Å². The lowest BCUT2D eigenvalue weighted by Gasteiger charge is -2.09. The second kappa shape index (κ2) is 6.11. The predicted octanol–water partition coefficient (Wildman–Crippen LogP) is 0.962. The number of aromatic nitrogens is 2. The summed E-state index contributed by atoms with van der Waals surface area (Å²) in [4.78, 5) is 5.35. The molecule has 1 N–H and O–H groups in total. The van der Waals surface area contributed by atoms with Crippen LogP contribution >= 0.6 is 11.3 Å². The highest BCUT2D eigenvalue weighted by Gasteiger charge is 2.09. The first-order valence-electron chi connectivity index (χ1n) is 5.45. The van der Waals surface area contributed by atoms with Gasteiger partial charge in [-0.1, -0.05) is 0 Å². The van der Waals surface area contributed by atoms with Gasteiger partial charge in [-0.05, 0) is 0 Å². The smallest absolute Gasteiger partial charge is 0.193 e. The molecule has 1 unspecified atom stereocenters. The summed E-state index contributed by atoms with van der Waals surface area (Å²) in [6.45, 7) is 1.37. The Morgan fingerprint density at radius 3 is 3.18 bits per heavy atom. The maximum absolute atomic E-state index is 9.75. The SMILES string of the molecule is COCCOCC(O)Cc1cn2ccsc2n1. The number of thiazole rings is 1. The Morgan fingerprint density at radius 1 is 1.53 bits per heavy atom. The fraction of sp³-hybridized carbons (Fsp3) is 0.545. The van der Waals surface area contributed by atoms with Gasteiger partial charge in [-0.2, -0.15) is 0 Å². The number of hydrogen-bond donors (Lipinski definition) is 1. The summed E-state index contributed by atoms with van der Waals surface area (Å²) >= 11 is 1.58. The van der Waals surface area contributed by atoms with Crippen LogP contribution in [0, 0.1) is 0 Å². The van der Waals surface area contributed by atoms with Gasteiger partial charge in [-0.25, -0.2) is 4.98 Å². The molecule has 0 aliphatic heterocycles. The molecule has 17 heavy (non-hydrogen) atoms. The van der Waals surface area contributed by atoms with Crippen LogP contribution in [0.4, 0.5) is 0 Å². The average Bonchev–Trinajstić information content (AvgIpc) is 2.84. The molecule has 0 aliphatic carbocycles. The third kappa shape index (κ3) is 3.50. The van der Waals surface area contributed by atoms with Crippen LogP contribution in [-0.2, 0) is 15.9 Å². The van der Waals surface area contributed by atoms with Crippen molar-refractivity contribution < 1.29 is 14.6 Å². The van der Waals surface area contributed by atoms with Crippen molar-refractivity contribution in [1.82, 2.24) is 9.38 Å². The summed E-state index contributed by atoms with van der Waals surface area (Å²) < 4.78 is 12.1. The second-order valence-corrected chi connectivity index (χ2v) is 4.62. The van der Waals surface area contributed by atoms with Crippen molar-refractivity contribution in [3.63, 3.8) is 0 Å². The predicted molar refractivity (Wildman–Crippen MR) is 65.5 cm³/mol. The molecule has 2 rings (SSSR count). The number of aliphatic hydroxyl groups is 1. The van der Waals surface area contributed by atoms with Crippen LogP contribution in [0.3, 0.4) is 0 Å². The molecule has 0 aliphatic rings. The number of aliphatic hydroxyl groups excluding tert-OH is 1. The first kappa shape index (κ1) is 12.5. The van der Waals surface area contributed by atoms with E-state index in [-0.39, 0.29) is 0 Å². The van der Waals surface area contributed by atoms with Gasteiger partial charge in [0.15, 0.2) is 4.96 Å². The minimum atomic E-state index is -0.517. The fourth-order valence-corrected chi connectivity index (χ4v) is 2.26. The van der Waals surface area contributed by atoms with E-state index in [0.717, 1.165) is 10.7 Å². The van der Waals surface area contributed by atoms with Crippen molar-refractivity contribution in [3.05, 3.63) is 23.5 Å². The summed E-state index contributed by atoms with van der Waals surface area (Å²) in [5.74, 6) is 0. The van der Waals surface area contributed by atoms with E-state index in [0.29, 0.717) is 26.2 Å². The summed E-state index contributed by atoms with van der Waals surface area (Å²) in [5.41, 5.74) is 0.889. The number of ether oxygens (including phenoxy) is 2. The molecular formula is C11H16N2O3S. The Labute approximate surface area is 104 Å². The highest BCUT2D eigenvalue weighted by Crippen LogP contribution is 2.12. The lowest BCUT2D eigenvalue weighted by Crippen LogP contribution is -2.19. The van der Waals surface area contributed by atoms with Gasteiger partial charge in [-0.15, -0.1) is 11.3 Å². The van der Waals surface area contributed by atoms with Crippen LogP contribution in [0.1, 0.15) is 5.69 Å². The molecule has 2 aromatic rings. The lowest BCUT2D eigenvalue weighted by atomic mass is 10.2. The topological polar surface area (TPSA) is 56.0 Å². The van der Waals surface area contributed by atoms with Crippen molar-refractivity contribution >= 4 is 16.3 Å². The van der Waals surface area contributed by atoms with E-state index in [1.807, 2.05) is 22.2 Å². The van der Waals surface area contributed by atoms with Crippen LogP contribution < -0.4 is 0 Å². The van der Waals surface area contributed by atoms with E-state index in [9.17, 15) is 5.11 Å². The Hall–Kier alpha value is -0.950. The van der Waals surface area contributed by atoms with Gasteiger partial charge in [0.25, 0.3) is 0 Å². The Bertz CT molecular complexity index is 426. The van der Waals surface area contributed by atoms with Crippen molar-refractivity contribution in [2.75, 3.05) is 26.9 Å². The fourth-order valence-electron chi connectivity index (χ4n) is 1.54. The van der Waals surface area contributed by atoms with E-state index < -0.39 is 6.10 Å². The van der Waals surface area contributed by atoms with Crippen LogP contribution in [0.5, 0.6) is 0 Å². The van der Waals surface area contributed by atoms with Gasteiger partial charge in [0, 0.05) is 31.3 Å². The number of nitrogens with zero attached hydrogens (tertiary/aromatic N) is 2. The van der Waals surface area contributed by atoms with Crippen molar-refractivity contribution in [3.8, 4) is 0 Å². The molecule has 0 aromatic carbocycles. The monoisotopic (exact) mass is 256 g/mol. The zero-order valence-electron chi connectivity index (χ0n) is 9.70. The van der Waals surface area contributed by atoms with Crippen molar-refractivity contribution in [1.29, 1.82) is 0 Å². The molecule has 6 heteroatoms. The summed E-state index contributed by atoms with van der Waals surface area (Å²) in [6.07, 6.45) is 3.89. The second-order valence-electron chi connectivity index (χ2n) is 3.75. The molecule has 0 spiro atoms. The molecule has 0 saturated carbocycles. The molecular weight excluding hydrogens is 240 g/mol. The summed E-state index contributed by atoms with van der Waals surface area (Å²) in [6, 6.07) is 0. The maximum atomic E-state index is 9.75. The van der Waals surface area contributed by atoms with Gasteiger partial charge in [0.1, 0.15) is 0 Å². The largest absolute Gasteiger partial charge is 0.390 e. The van der Waals surface area contributed by atoms with Gasteiger partial charge < -0.3 is 14.6 Å². The summed E-state index contributed by atoms with van der Waals surface area (Å²) in [7, 11) is 1.62. The van der Waals surface area contributed by atoms with E-state index in [2.05, 4.69) is 4.98 Å². The van der Waals surface area contributed by atoms with Crippen LogP contribution in [-0.4, -0.2) is 47.5 Å². The molecule has 2 heterocycles. The minimum absolute atomic E-state index is 0.314. The number of hydrogen-bond acceptors (Lipinski definition) is 5. The van der Waals surface area contributed by atoms with Gasteiger partial charge in [0.05, 0.1) is 31.6 Å². The number of rotatable bonds is 7. The highest BCUT2D eigenvalue weighted by atomic mass is 32.1. The van der Waals surface area contributed by atoms with Gasteiger partial charge in [-0.3, -0.25) is 4.40 Å². The van der Waals surface area contributed by atoms with Crippen LogP contribution in [0.15, 0.2) is 17.8 Å². The molecule has 94 valence electrons. The first-order chi connectivity index (χ1) is 8.29. The zero-order chi connectivity index (χ0) is 12.1. The highest BCUT2D eigenvalue weighted by molar-refractivity contribution is 7.15. The summed E-state index contributed by atoms with van der Waals surface area (Å²) in [5, 5.41) is 11.7. The molecule has 1 atom stereocenters. The van der Waals surface area contributed by atoms with Crippen molar-refractivity contribution in [2.24, 2.45) is 0 Å². The maximum Gasteiger partial charge on any atom is 0.193 e. The standard InChI is InChI=1S/C11H16N2O3S/c1-15-3-4-16-8-10(14)6-9-7-13-2-5-17-11(13)12-9/h2,5,7,10,14H,3-4,6,8H2,1H3. The molecule has 0 saturated heterocycles. The minimum Gasteiger partial charge on any atom is -0.390 e. The molecule has 0 fully saturated rings. The molecule has 0 amide bonds. The number of imidazole rings is 1. The number of fused-ring (bicyclic) bond motifs is 1. The average molecular weight is 256 g/mol. The third-order valence-corrected chi connectivity index (χ3v) is 3.10. The number of methoxy groups -OCH3 is 1. The normalized spacial score (nSPS) is 13.3. The lowest BCUT2D eigenvalue weighted by molar-refractivity contribution is 0.0134.